The molecule has 0 N–H and O–H groups in total. The Morgan fingerprint density at radius 2 is 2.00 bits per heavy atom. The standard InChI is InChI=1S/C15H22O2S/c1-4-18-11-5-6-12(2)15(16)13-7-9-14(17-3)10-8-13/h7-10,12H,4-6,11H2,1-3H3. The van der Waals surface area contributed by atoms with Crippen LogP contribution >= 0.6 is 11.8 Å². The van der Waals surface area contributed by atoms with Crippen LogP contribution in [0.15, 0.2) is 24.3 Å². The minimum Gasteiger partial charge on any atom is -0.497 e. The molecule has 0 amide bonds. The highest BCUT2D eigenvalue weighted by Crippen LogP contribution is 2.18. The molecule has 0 spiro atoms. The number of carbonyl (C=O) groups excluding carboxylic acids is 1. The molecule has 0 radical (unpaired) electrons. The predicted octanol–water partition coefficient (Wildman–Crippen LogP) is 4.05. The van der Waals surface area contributed by atoms with E-state index in [9.17, 15) is 4.79 Å². The Kier molecular flexibility index (Phi) is 6.88. The average Bonchev–Trinajstić information content (AvgIpc) is 2.42. The SMILES string of the molecule is CCSCCCC(C)C(=O)c1ccc(OC)cc1. The van der Waals surface area contributed by atoms with Gasteiger partial charge in [0.1, 0.15) is 5.75 Å². The second-order valence-electron chi connectivity index (χ2n) is 4.33. The molecule has 1 unspecified atom stereocenters. The van der Waals surface area contributed by atoms with Gasteiger partial charge in [-0.3, -0.25) is 4.79 Å². The zero-order valence-electron chi connectivity index (χ0n) is 11.4. The van der Waals surface area contributed by atoms with E-state index in [2.05, 4.69) is 6.92 Å². The summed E-state index contributed by atoms with van der Waals surface area (Å²) in [5.74, 6) is 3.44. The van der Waals surface area contributed by atoms with E-state index >= 15 is 0 Å². The summed E-state index contributed by atoms with van der Waals surface area (Å²) in [6, 6.07) is 7.37. The van der Waals surface area contributed by atoms with Gasteiger partial charge in [-0.05, 0) is 48.6 Å². The van der Waals surface area contributed by atoms with Crippen molar-refractivity contribution in [2.45, 2.75) is 26.7 Å². The normalized spacial score (nSPS) is 12.2. The second kappa shape index (κ2) is 8.20. The molecule has 0 aliphatic carbocycles. The first kappa shape index (κ1) is 15.1. The van der Waals surface area contributed by atoms with Crippen LogP contribution in [0.2, 0.25) is 0 Å². The topological polar surface area (TPSA) is 26.3 Å². The molecule has 2 nitrogen and oxygen atoms in total. The van der Waals surface area contributed by atoms with Crippen molar-refractivity contribution in [1.29, 1.82) is 0 Å². The van der Waals surface area contributed by atoms with Crippen molar-refractivity contribution in [1.82, 2.24) is 0 Å². The van der Waals surface area contributed by atoms with Crippen LogP contribution in [0.1, 0.15) is 37.0 Å². The number of ketones is 1. The summed E-state index contributed by atoms with van der Waals surface area (Å²) >= 11 is 1.93. The van der Waals surface area contributed by atoms with Crippen LogP contribution in [0.3, 0.4) is 0 Å². The van der Waals surface area contributed by atoms with E-state index in [1.54, 1.807) is 7.11 Å². The van der Waals surface area contributed by atoms with Gasteiger partial charge >= 0.3 is 0 Å². The predicted molar refractivity (Wildman–Crippen MR) is 78.7 cm³/mol. The number of methoxy groups -OCH3 is 1. The lowest BCUT2D eigenvalue weighted by Crippen LogP contribution is -2.11. The zero-order chi connectivity index (χ0) is 13.4. The molecule has 0 aliphatic rings. The highest BCUT2D eigenvalue weighted by molar-refractivity contribution is 7.99. The Morgan fingerprint density at radius 3 is 2.56 bits per heavy atom. The lowest BCUT2D eigenvalue weighted by atomic mass is 9.95. The number of rotatable bonds is 8. The summed E-state index contributed by atoms with van der Waals surface area (Å²) < 4.78 is 5.09. The molecule has 18 heavy (non-hydrogen) atoms. The van der Waals surface area contributed by atoms with Gasteiger partial charge in [0.2, 0.25) is 0 Å². The number of thioether (sulfide) groups is 1. The van der Waals surface area contributed by atoms with E-state index in [0.29, 0.717) is 0 Å². The van der Waals surface area contributed by atoms with Gasteiger partial charge in [0.25, 0.3) is 0 Å². The van der Waals surface area contributed by atoms with Crippen molar-refractivity contribution in [2.75, 3.05) is 18.6 Å². The number of benzene rings is 1. The first-order valence-corrected chi connectivity index (χ1v) is 7.60. The molecule has 1 aromatic carbocycles. The number of Topliss-reactive ketones (excluding diaryl/α,β-unsaturated/α-hetero) is 1. The summed E-state index contributed by atoms with van der Waals surface area (Å²) in [6.45, 7) is 4.18. The molecule has 1 rings (SSSR count). The van der Waals surface area contributed by atoms with Crippen molar-refractivity contribution >= 4 is 17.5 Å². The molecule has 1 atom stereocenters. The highest BCUT2D eigenvalue weighted by Gasteiger charge is 2.14. The Balaban J connectivity index is 2.46. The van der Waals surface area contributed by atoms with Gasteiger partial charge in [0.15, 0.2) is 5.78 Å². The number of ether oxygens (including phenoxy) is 1. The van der Waals surface area contributed by atoms with Gasteiger partial charge in [-0.1, -0.05) is 13.8 Å². The lowest BCUT2D eigenvalue weighted by Gasteiger charge is -2.10. The molecule has 0 saturated carbocycles. The molecule has 0 aliphatic heterocycles. The monoisotopic (exact) mass is 266 g/mol. The fourth-order valence-electron chi connectivity index (χ4n) is 1.81. The summed E-state index contributed by atoms with van der Waals surface area (Å²) in [5.41, 5.74) is 0.784. The van der Waals surface area contributed by atoms with E-state index in [-0.39, 0.29) is 11.7 Å². The fraction of sp³-hybridized carbons (Fsp3) is 0.533. The molecule has 0 bridgehead atoms. The molecule has 1 aromatic rings. The Hall–Kier alpha value is -0.960. The van der Waals surface area contributed by atoms with Gasteiger partial charge in [0, 0.05) is 11.5 Å². The quantitative estimate of drug-likeness (QED) is 0.524. The Labute approximate surface area is 114 Å². The molecule has 100 valence electrons. The van der Waals surface area contributed by atoms with Gasteiger partial charge in [-0.25, -0.2) is 0 Å². The summed E-state index contributed by atoms with van der Waals surface area (Å²) in [6.07, 6.45) is 2.08. The maximum Gasteiger partial charge on any atom is 0.165 e. The van der Waals surface area contributed by atoms with Gasteiger partial charge in [0.05, 0.1) is 7.11 Å². The van der Waals surface area contributed by atoms with Crippen LogP contribution in [0, 0.1) is 5.92 Å². The van der Waals surface area contributed by atoms with E-state index in [1.807, 2.05) is 43.0 Å². The smallest absolute Gasteiger partial charge is 0.165 e. The summed E-state index contributed by atoms with van der Waals surface area (Å²) in [7, 11) is 1.63. The molecular formula is C15H22O2S. The van der Waals surface area contributed by atoms with Crippen molar-refractivity contribution in [3.05, 3.63) is 29.8 Å². The van der Waals surface area contributed by atoms with Gasteiger partial charge < -0.3 is 4.74 Å². The van der Waals surface area contributed by atoms with Crippen molar-refractivity contribution in [3.63, 3.8) is 0 Å². The van der Waals surface area contributed by atoms with E-state index in [1.165, 1.54) is 0 Å². The summed E-state index contributed by atoms with van der Waals surface area (Å²) in [4.78, 5) is 12.2. The fourth-order valence-corrected chi connectivity index (χ4v) is 2.47. The van der Waals surface area contributed by atoms with Crippen LogP contribution < -0.4 is 4.74 Å². The van der Waals surface area contributed by atoms with Crippen molar-refractivity contribution in [3.8, 4) is 5.75 Å². The van der Waals surface area contributed by atoms with E-state index < -0.39 is 0 Å². The third kappa shape index (κ3) is 4.73. The minimum absolute atomic E-state index is 0.107. The lowest BCUT2D eigenvalue weighted by molar-refractivity contribution is 0.0924. The molecule has 0 fully saturated rings. The van der Waals surface area contributed by atoms with Crippen LogP contribution in [0.5, 0.6) is 5.75 Å². The van der Waals surface area contributed by atoms with E-state index in [4.69, 9.17) is 4.74 Å². The van der Waals surface area contributed by atoms with Crippen LogP contribution in [0.25, 0.3) is 0 Å². The maximum absolute atomic E-state index is 12.2. The van der Waals surface area contributed by atoms with Gasteiger partial charge in [-0.15, -0.1) is 0 Å². The molecule has 0 aromatic heterocycles. The van der Waals surface area contributed by atoms with Crippen LogP contribution in [-0.2, 0) is 0 Å². The molecule has 0 saturated heterocycles. The third-order valence-corrected chi connectivity index (χ3v) is 3.94. The Morgan fingerprint density at radius 1 is 1.33 bits per heavy atom. The molecular weight excluding hydrogens is 244 g/mol. The molecule has 3 heteroatoms. The first-order chi connectivity index (χ1) is 8.69. The number of hydrogen-bond donors (Lipinski definition) is 0. The highest BCUT2D eigenvalue weighted by atomic mass is 32.2. The van der Waals surface area contributed by atoms with Crippen molar-refractivity contribution < 1.29 is 9.53 Å². The average molecular weight is 266 g/mol. The van der Waals surface area contributed by atoms with Crippen LogP contribution in [0.4, 0.5) is 0 Å². The van der Waals surface area contributed by atoms with E-state index in [0.717, 1.165) is 35.7 Å². The third-order valence-electron chi connectivity index (χ3n) is 2.95. The number of carbonyl (C=O) groups is 1. The first-order valence-electron chi connectivity index (χ1n) is 6.45. The number of hydrogen-bond acceptors (Lipinski definition) is 3. The van der Waals surface area contributed by atoms with Crippen LogP contribution in [-0.4, -0.2) is 24.4 Å². The maximum atomic E-state index is 12.2. The second-order valence-corrected chi connectivity index (χ2v) is 5.73. The summed E-state index contributed by atoms with van der Waals surface area (Å²) in [5, 5.41) is 0. The van der Waals surface area contributed by atoms with Gasteiger partial charge in [-0.2, -0.15) is 11.8 Å². The minimum atomic E-state index is 0.107. The molecule has 0 heterocycles. The zero-order valence-corrected chi connectivity index (χ0v) is 12.3. The Bertz CT molecular complexity index is 359. The largest absolute Gasteiger partial charge is 0.497 e. The van der Waals surface area contributed by atoms with Crippen molar-refractivity contribution in [2.24, 2.45) is 5.92 Å².